The molecule has 1 aliphatic carbocycles. The molecule has 2 heterocycles. The second-order valence-electron chi connectivity index (χ2n) is 7.35. The highest BCUT2D eigenvalue weighted by Crippen LogP contribution is 2.44. The lowest BCUT2D eigenvalue weighted by molar-refractivity contribution is -0.117. The van der Waals surface area contributed by atoms with Gasteiger partial charge in [0.05, 0.1) is 11.1 Å². The summed E-state index contributed by atoms with van der Waals surface area (Å²) >= 11 is 9.60. The number of carbonyl (C=O) groups is 1. The number of nitriles is 1. The molecule has 7 heteroatoms. The maximum absolute atomic E-state index is 12.5. The number of amides is 1. The summed E-state index contributed by atoms with van der Waals surface area (Å²) in [7, 11) is 0. The van der Waals surface area contributed by atoms with E-state index in [0.29, 0.717) is 22.6 Å². The number of allylic oxidation sites excluding steroid dienone is 3. The average molecular weight is 363 g/mol. The fourth-order valence-corrected chi connectivity index (χ4v) is 4.42. The monoisotopic (exact) mass is 362 g/mol. The van der Waals surface area contributed by atoms with Gasteiger partial charge in [0.25, 0.3) is 5.91 Å². The van der Waals surface area contributed by atoms with Crippen LogP contribution in [0.25, 0.3) is 0 Å². The Morgan fingerprint density at radius 2 is 1.96 bits per heavy atom. The number of likely N-dealkylation sites (tertiary alicyclic amines) is 1. The molecule has 1 amide bonds. The lowest BCUT2D eigenvalue weighted by atomic mass is 9.72. The zero-order valence-corrected chi connectivity index (χ0v) is 15.7. The van der Waals surface area contributed by atoms with Crippen LogP contribution >= 0.6 is 24.8 Å². The first-order chi connectivity index (χ1) is 11.3. The molecule has 128 valence electrons. The molecule has 3 rings (SSSR count). The van der Waals surface area contributed by atoms with Gasteiger partial charge in [-0.3, -0.25) is 4.79 Å². The quantitative estimate of drug-likeness (QED) is 0.379. The predicted octanol–water partition coefficient (Wildman–Crippen LogP) is 2.24. The third-order valence-electron chi connectivity index (χ3n) is 4.78. The van der Waals surface area contributed by atoms with E-state index in [2.05, 4.69) is 48.1 Å². The first kappa shape index (κ1) is 17.3. The highest BCUT2D eigenvalue weighted by molar-refractivity contribution is 7.82. The summed E-state index contributed by atoms with van der Waals surface area (Å²) < 4.78 is 0. The summed E-state index contributed by atoms with van der Waals surface area (Å²) in [5.74, 6) is -0.250. The molecule has 0 aromatic heterocycles. The summed E-state index contributed by atoms with van der Waals surface area (Å²) in [6, 6.07) is 2.36. The van der Waals surface area contributed by atoms with Crippen molar-refractivity contribution in [3.8, 4) is 6.07 Å². The van der Waals surface area contributed by atoms with E-state index in [1.807, 2.05) is 0 Å². The molecule has 0 aromatic carbocycles. The molecule has 0 saturated carbocycles. The number of hydrogen-bond acceptors (Lipinski definition) is 5. The van der Waals surface area contributed by atoms with E-state index in [1.54, 1.807) is 0 Å². The molecule has 0 bridgehead atoms. The van der Waals surface area contributed by atoms with Crippen molar-refractivity contribution < 1.29 is 4.79 Å². The fraction of sp³-hybridized carbons (Fsp3) is 0.588. The third-order valence-corrected chi connectivity index (χ3v) is 5.36. The topological polar surface area (TPSA) is 68.2 Å². The van der Waals surface area contributed by atoms with Gasteiger partial charge in [0.2, 0.25) is 0 Å². The van der Waals surface area contributed by atoms with Crippen molar-refractivity contribution in [1.29, 1.82) is 5.26 Å². The van der Waals surface area contributed by atoms with Crippen LogP contribution in [0.3, 0.4) is 0 Å². The number of hydrogen-bond donors (Lipinski definition) is 3. The van der Waals surface area contributed by atoms with Crippen molar-refractivity contribution in [3.63, 3.8) is 0 Å². The van der Waals surface area contributed by atoms with Crippen LogP contribution in [0.4, 0.5) is 0 Å². The molecule has 1 atom stereocenters. The van der Waals surface area contributed by atoms with Gasteiger partial charge in [-0.1, -0.05) is 26.1 Å². The zero-order valence-electron chi connectivity index (χ0n) is 14.0. The lowest BCUT2D eigenvalue weighted by Crippen LogP contribution is -2.53. The highest BCUT2D eigenvalue weighted by Gasteiger charge is 2.38. The Hall–Kier alpha value is -1.52. The number of rotatable bonds is 1. The SMILES string of the molecule is CC1(C)CC(N2CCCC2)=C(C#N)/C(=C2/C(=O)NC(S)NC2=S)C1. The summed E-state index contributed by atoms with van der Waals surface area (Å²) in [5, 5.41) is 15.5. The molecule has 24 heavy (non-hydrogen) atoms. The molecular weight excluding hydrogens is 340 g/mol. The van der Waals surface area contributed by atoms with E-state index in [1.165, 1.54) is 0 Å². The van der Waals surface area contributed by atoms with Gasteiger partial charge in [0.1, 0.15) is 16.6 Å². The molecule has 2 saturated heterocycles. The Kier molecular flexibility index (Phi) is 4.63. The second kappa shape index (κ2) is 6.41. The minimum absolute atomic E-state index is 0.0195. The smallest absolute Gasteiger partial charge is 0.256 e. The third kappa shape index (κ3) is 3.17. The first-order valence-electron chi connectivity index (χ1n) is 8.24. The molecule has 2 N–H and O–H groups in total. The predicted molar refractivity (Wildman–Crippen MR) is 100 cm³/mol. The minimum atomic E-state index is -0.487. The largest absolute Gasteiger partial charge is 0.374 e. The van der Waals surface area contributed by atoms with Crippen molar-refractivity contribution in [2.24, 2.45) is 5.41 Å². The fourth-order valence-electron chi connectivity index (χ4n) is 3.75. The number of carbonyl (C=O) groups excluding carboxylic acids is 1. The van der Waals surface area contributed by atoms with Gasteiger partial charge in [-0.15, -0.1) is 12.6 Å². The van der Waals surface area contributed by atoms with Crippen LogP contribution in [0.15, 0.2) is 22.4 Å². The normalized spacial score (nSPS) is 30.1. The maximum atomic E-state index is 12.5. The molecule has 0 radical (unpaired) electrons. The van der Waals surface area contributed by atoms with Gasteiger partial charge >= 0.3 is 0 Å². The van der Waals surface area contributed by atoms with Gasteiger partial charge in [-0.05, 0) is 36.7 Å². The van der Waals surface area contributed by atoms with Gasteiger partial charge in [-0.2, -0.15) is 5.26 Å². The number of nitrogens with zero attached hydrogens (tertiary/aromatic N) is 2. The Morgan fingerprint density at radius 3 is 2.54 bits per heavy atom. The Morgan fingerprint density at radius 1 is 1.29 bits per heavy atom. The number of thiol groups is 1. The van der Waals surface area contributed by atoms with Crippen molar-refractivity contribution in [3.05, 3.63) is 22.4 Å². The van der Waals surface area contributed by atoms with E-state index >= 15 is 0 Å². The summed E-state index contributed by atoms with van der Waals surface area (Å²) in [6.07, 6.45) is 3.81. The summed E-state index contributed by atoms with van der Waals surface area (Å²) in [5.41, 5.74) is 2.38. The highest BCUT2D eigenvalue weighted by atomic mass is 32.1. The zero-order chi connectivity index (χ0) is 17.5. The molecule has 0 aromatic rings. The Balaban J connectivity index is 2.15. The van der Waals surface area contributed by atoms with E-state index in [9.17, 15) is 10.1 Å². The number of thiocarbonyl (C=S) groups is 1. The molecule has 2 fully saturated rings. The molecular formula is C17H22N4OS2. The minimum Gasteiger partial charge on any atom is -0.374 e. The van der Waals surface area contributed by atoms with Crippen molar-refractivity contribution in [1.82, 2.24) is 15.5 Å². The van der Waals surface area contributed by atoms with Crippen LogP contribution in [-0.2, 0) is 4.79 Å². The van der Waals surface area contributed by atoms with E-state index in [0.717, 1.165) is 43.6 Å². The molecule has 1 unspecified atom stereocenters. The standard InChI is InChI=1S/C17H22N4OS2/c1-17(2)7-10(13-14(22)19-16(24)20-15(13)23)11(9-18)12(8-17)21-5-3-4-6-21/h16,24H,3-8H2,1-2H3,(H,19,22)(H,20,23)/b13-10-. The molecule has 0 spiro atoms. The Labute approximate surface area is 153 Å². The van der Waals surface area contributed by atoms with Gasteiger partial charge in [0.15, 0.2) is 0 Å². The first-order valence-corrected chi connectivity index (χ1v) is 9.16. The second-order valence-corrected chi connectivity index (χ2v) is 8.27. The van der Waals surface area contributed by atoms with Crippen LogP contribution in [0.1, 0.15) is 39.5 Å². The van der Waals surface area contributed by atoms with Crippen LogP contribution in [0, 0.1) is 16.7 Å². The summed E-state index contributed by atoms with van der Waals surface area (Å²) in [4.78, 5) is 15.2. The van der Waals surface area contributed by atoms with Crippen LogP contribution in [0.2, 0.25) is 0 Å². The maximum Gasteiger partial charge on any atom is 0.256 e. The van der Waals surface area contributed by atoms with Crippen molar-refractivity contribution in [2.45, 2.75) is 45.0 Å². The van der Waals surface area contributed by atoms with Crippen molar-refractivity contribution in [2.75, 3.05) is 13.1 Å². The molecule has 5 nitrogen and oxygen atoms in total. The van der Waals surface area contributed by atoms with E-state index in [4.69, 9.17) is 12.2 Å². The average Bonchev–Trinajstić information content (AvgIpc) is 2.98. The van der Waals surface area contributed by atoms with Gasteiger partial charge in [-0.25, -0.2) is 0 Å². The Bertz CT molecular complexity index is 676. The molecule has 3 aliphatic rings. The van der Waals surface area contributed by atoms with Crippen LogP contribution < -0.4 is 10.6 Å². The van der Waals surface area contributed by atoms with Gasteiger partial charge in [0, 0.05) is 18.8 Å². The van der Waals surface area contributed by atoms with Crippen LogP contribution in [0.5, 0.6) is 0 Å². The van der Waals surface area contributed by atoms with E-state index in [-0.39, 0.29) is 11.3 Å². The van der Waals surface area contributed by atoms with E-state index < -0.39 is 5.50 Å². The molecule has 2 aliphatic heterocycles. The summed E-state index contributed by atoms with van der Waals surface area (Å²) in [6.45, 7) is 6.31. The number of nitrogens with one attached hydrogen (secondary N) is 2. The van der Waals surface area contributed by atoms with Gasteiger partial charge < -0.3 is 15.5 Å². The lowest BCUT2D eigenvalue weighted by Gasteiger charge is -2.38. The van der Waals surface area contributed by atoms with Crippen molar-refractivity contribution >= 4 is 35.7 Å². The van der Waals surface area contributed by atoms with Crippen LogP contribution in [-0.4, -0.2) is 34.4 Å².